The second-order valence-electron chi connectivity index (χ2n) is 5.87. The molecule has 117 valence electrons. The van der Waals surface area contributed by atoms with Crippen molar-refractivity contribution >= 4 is 35.3 Å². The molecule has 0 amide bonds. The van der Waals surface area contributed by atoms with Crippen LogP contribution in [0.15, 0.2) is 54.6 Å². The van der Waals surface area contributed by atoms with E-state index in [0.29, 0.717) is 0 Å². The Labute approximate surface area is 162 Å². The van der Waals surface area contributed by atoms with Crippen molar-refractivity contribution in [1.82, 2.24) is 0 Å². The summed E-state index contributed by atoms with van der Waals surface area (Å²) in [5.41, 5.74) is 2.83. The van der Waals surface area contributed by atoms with Crippen molar-refractivity contribution in [3.8, 4) is 0 Å². The molecule has 0 fully saturated rings. The predicted molar refractivity (Wildman–Crippen MR) is 99.2 cm³/mol. The van der Waals surface area contributed by atoms with Crippen molar-refractivity contribution in [2.45, 2.75) is 51.9 Å². The number of carbonyl (C=O) groups excluding carboxylic acids is 1. The third kappa shape index (κ3) is 6.63. The molecule has 0 saturated carbocycles. The first-order valence-electron chi connectivity index (χ1n) is 8.50. The van der Waals surface area contributed by atoms with E-state index in [1.807, 2.05) is 48.5 Å². The average Bonchev–Trinajstić information content (AvgIpc) is 2.58. The summed E-state index contributed by atoms with van der Waals surface area (Å²) in [6.07, 6.45) is 8.69. The number of carbonyl (C=O) groups is 1. The second-order valence-corrected chi connectivity index (χ2v) is 5.87. The van der Waals surface area contributed by atoms with E-state index in [0.717, 1.165) is 17.5 Å². The van der Waals surface area contributed by atoms with Crippen LogP contribution < -0.4 is 0 Å². The number of ketones is 1. The van der Waals surface area contributed by atoms with Gasteiger partial charge in [-0.15, -0.1) is 0 Å². The summed E-state index contributed by atoms with van der Waals surface area (Å²) >= 11 is 0. The van der Waals surface area contributed by atoms with E-state index in [1.165, 1.54) is 44.1 Å². The first-order chi connectivity index (χ1) is 10.8. The third-order valence-electron chi connectivity index (χ3n) is 4.10. The van der Waals surface area contributed by atoms with Crippen LogP contribution in [-0.2, 0) is 6.42 Å². The quantitative estimate of drug-likeness (QED) is 0.342. The van der Waals surface area contributed by atoms with E-state index in [-0.39, 0.29) is 35.3 Å². The van der Waals surface area contributed by atoms with Gasteiger partial charge in [-0.2, -0.15) is 0 Å². The Kier molecular flexibility index (Phi) is 10.2. The molecule has 0 spiro atoms. The van der Waals surface area contributed by atoms with Gasteiger partial charge in [-0.25, -0.2) is 0 Å². The van der Waals surface area contributed by atoms with Crippen LogP contribution in [0.3, 0.4) is 0 Å². The van der Waals surface area contributed by atoms with Gasteiger partial charge in [0.25, 0.3) is 0 Å². The Morgan fingerprint density at radius 3 is 2.13 bits per heavy atom. The van der Waals surface area contributed by atoms with Gasteiger partial charge in [0.2, 0.25) is 0 Å². The minimum atomic E-state index is 0. The summed E-state index contributed by atoms with van der Waals surface area (Å²) < 4.78 is 0. The van der Waals surface area contributed by atoms with Gasteiger partial charge in [0.05, 0.1) is 0 Å². The molecule has 0 aliphatic heterocycles. The van der Waals surface area contributed by atoms with Gasteiger partial charge >= 0.3 is 0 Å². The first-order valence-corrected chi connectivity index (χ1v) is 8.50. The molecule has 0 heterocycles. The van der Waals surface area contributed by atoms with E-state index in [1.54, 1.807) is 0 Å². The van der Waals surface area contributed by atoms with E-state index in [9.17, 15) is 4.79 Å². The molecule has 23 heavy (non-hydrogen) atoms. The normalized spacial score (nSPS) is 10.1. The zero-order chi connectivity index (χ0) is 15.6. The summed E-state index contributed by atoms with van der Waals surface area (Å²) in [7, 11) is 0. The van der Waals surface area contributed by atoms with Crippen LogP contribution in [0.2, 0.25) is 0 Å². The van der Waals surface area contributed by atoms with Gasteiger partial charge in [0, 0.05) is 40.7 Å². The third-order valence-corrected chi connectivity index (χ3v) is 4.10. The number of rotatable bonds is 9. The smallest absolute Gasteiger partial charge is 0.193 e. The molecule has 0 aliphatic rings. The monoisotopic (exact) mass is 317 g/mol. The van der Waals surface area contributed by atoms with Crippen molar-refractivity contribution in [3.05, 3.63) is 71.3 Å². The molecule has 1 nitrogen and oxygen atoms in total. The van der Waals surface area contributed by atoms with Gasteiger partial charge in [0.1, 0.15) is 0 Å². The van der Waals surface area contributed by atoms with E-state index in [2.05, 4.69) is 13.0 Å². The minimum absolute atomic E-state index is 0. The van der Waals surface area contributed by atoms with E-state index < -0.39 is 0 Å². The molecule has 0 aromatic heterocycles. The molecule has 2 aromatic carbocycles. The summed E-state index contributed by atoms with van der Waals surface area (Å²) in [5, 5.41) is 0. The number of hydrogen-bond acceptors (Lipinski definition) is 1. The second kappa shape index (κ2) is 11.6. The summed E-state index contributed by atoms with van der Waals surface area (Å²) in [5.74, 6) is 0.141. The zero-order valence-electron chi connectivity index (χ0n) is 14.6. The number of hydrogen-bond donors (Lipinski definition) is 0. The maximum Gasteiger partial charge on any atom is 0.193 e. The predicted octanol–water partition coefficient (Wildman–Crippen LogP) is 5.44. The van der Waals surface area contributed by atoms with Gasteiger partial charge in [-0.1, -0.05) is 93.6 Å². The van der Waals surface area contributed by atoms with Gasteiger partial charge in [0.15, 0.2) is 5.78 Å². The number of unbranched alkanes of at least 4 members (excludes halogenated alkanes) is 5. The zero-order valence-corrected chi connectivity index (χ0v) is 16.6. The van der Waals surface area contributed by atoms with E-state index >= 15 is 0 Å². The van der Waals surface area contributed by atoms with Crippen LogP contribution in [0.25, 0.3) is 0 Å². The molecule has 2 heteroatoms. The largest absolute Gasteiger partial charge is 0.289 e. The molecule has 0 N–H and O–H groups in total. The molecular formula is C21H26NaO. The van der Waals surface area contributed by atoms with Crippen LogP contribution in [0, 0.1) is 0 Å². The maximum absolute atomic E-state index is 12.6. The molecule has 1 radical (unpaired) electrons. The van der Waals surface area contributed by atoms with Crippen molar-refractivity contribution in [2.75, 3.05) is 0 Å². The summed E-state index contributed by atoms with van der Waals surface area (Å²) in [6.45, 7) is 2.24. The topological polar surface area (TPSA) is 17.1 Å². The summed E-state index contributed by atoms with van der Waals surface area (Å²) in [6, 6.07) is 17.6. The Morgan fingerprint density at radius 2 is 1.39 bits per heavy atom. The Bertz CT molecular complexity index is 577. The van der Waals surface area contributed by atoms with Crippen LogP contribution in [0.5, 0.6) is 0 Å². The number of benzene rings is 2. The molecule has 0 unspecified atom stereocenters. The van der Waals surface area contributed by atoms with Gasteiger partial charge in [-0.3, -0.25) is 4.79 Å². The average molecular weight is 317 g/mol. The Balaban J connectivity index is 0.00000264. The SMILES string of the molecule is CCCCCCCCc1ccccc1C(=O)c1ccccc1.[Na]. The molecular weight excluding hydrogens is 291 g/mol. The minimum Gasteiger partial charge on any atom is -0.289 e. The Morgan fingerprint density at radius 1 is 0.783 bits per heavy atom. The van der Waals surface area contributed by atoms with E-state index in [4.69, 9.17) is 0 Å². The molecule has 2 aromatic rings. The van der Waals surface area contributed by atoms with Crippen molar-refractivity contribution < 1.29 is 4.79 Å². The van der Waals surface area contributed by atoms with Crippen LogP contribution >= 0.6 is 0 Å². The summed E-state index contributed by atoms with van der Waals surface area (Å²) in [4.78, 5) is 12.6. The molecule has 0 atom stereocenters. The fourth-order valence-corrected chi connectivity index (χ4v) is 2.80. The molecule has 0 bridgehead atoms. The van der Waals surface area contributed by atoms with Crippen molar-refractivity contribution in [1.29, 1.82) is 0 Å². The molecule has 0 aliphatic carbocycles. The first kappa shape index (κ1) is 20.2. The number of aryl methyl sites for hydroxylation is 1. The fourth-order valence-electron chi connectivity index (χ4n) is 2.80. The standard InChI is InChI=1S/C21H26O.Na/c1-2-3-4-5-6-8-13-18-14-11-12-17-20(18)21(22)19-15-9-7-10-16-19;/h7,9-12,14-17H,2-6,8,13H2,1H3;. The van der Waals surface area contributed by atoms with Crippen LogP contribution in [0.1, 0.15) is 66.9 Å². The van der Waals surface area contributed by atoms with Crippen LogP contribution in [0.4, 0.5) is 0 Å². The maximum atomic E-state index is 12.6. The van der Waals surface area contributed by atoms with Gasteiger partial charge < -0.3 is 0 Å². The fraction of sp³-hybridized carbons (Fsp3) is 0.381. The molecule has 2 rings (SSSR count). The van der Waals surface area contributed by atoms with Crippen LogP contribution in [-0.4, -0.2) is 35.3 Å². The van der Waals surface area contributed by atoms with Crippen molar-refractivity contribution in [2.24, 2.45) is 0 Å². The Hall–Kier alpha value is -0.890. The van der Waals surface area contributed by atoms with Gasteiger partial charge in [-0.05, 0) is 18.4 Å². The van der Waals surface area contributed by atoms with Crippen molar-refractivity contribution in [3.63, 3.8) is 0 Å². The molecule has 0 saturated heterocycles.